The average Bonchev–Trinajstić information content (AvgIpc) is 2.92. The Morgan fingerprint density at radius 1 is 1.39 bits per heavy atom. The topological polar surface area (TPSA) is 88.8 Å². The first kappa shape index (κ1) is 12.8. The molecule has 96 valence electrons. The first-order valence-electron chi connectivity index (χ1n) is 5.51. The fourth-order valence-corrected chi connectivity index (χ4v) is 1.99. The lowest BCUT2D eigenvalue weighted by molar-refractivity contribution is 0.296. The van der Waals surface area contributed by atoms with Crippen molar-refractivity contribution in [2.45, 2.75) is 11.6 Å². The van der Waals surface area contributed by atoms with Gasteiger partial charge in [-0.1, -0.05) is 11.8 Å². The molecule has 0 saturated carbocycles. The highest BCUT2D eigenvalue weighted by atomic mass is 32.2. The number of anilines is 1. The van der Waals surface area contributed by atoms with Gasteiger partial charge in [0, 0.05) is 31.8 Å². The van der Waals surface area contributed by atoms with E-state index in [1.165, 1.54) is 11.8 Å². The highest BCUT2D eigenvalue weighted by Gasteiger charge is 2.07. The van der Waals surface area contributed by atoms with Crippen molar-refractivity contribution >= 4 is 17.7 Å². The van der Waals surface area contributed by atoms with Crippen LogP contribution in [0.15, 0.2) is 23.6 Å². The minimum Gasteiger partial charge on any atom is -0.396 e. The SMILES string of the molecule is CNc1nc(SCCCO)nc(-n2cccn2)n1. The smallest absolute Gasteiger partial charge is 0.256 e. The first-order valence-corrected chi connectivity index (χ1v) is 6.49. The van der Waals surface area contributed by atoms with Gasteiger partial charge >= 0.3 is 0 Å². The van der Waals surface area contributed by atoms with Crippen LogP contribution in [0.5, 0.6) is 0 Å². The maximum atomic E-state index is 8.76. The van der Waals surface area contributed by atoms with Gasteiger partial charge in [-0.3, -0.25) is 0 Å². The lowest BCUT2D eigenvalue weighted by Gasteiger charge is -2.05. The molecule has 0 aromatic carbocycles. The summed E-state index contributed by atoms with van der Waals surface area (Å²) in [6.45, 7) is 0.170. The average molecular weight is 266 g/mol. The molecule has 2 aromatic heterocycles. The minimum absolute atomic E-state index is 0.170. The minimum atomic E-state index is 0.170. The molecule has 0 aliphatic carbocycles. The summed E-state index contributed by atoms with van der Waals surface area (Å²) in [4.78, 5) is 12.8. The second kappa shape index (κ2) is 6.31. The second-order valence-electron chi connectivity index (χ2n) is 3.37. The molecule has 2 aromatic rings. The van der Waals surface area contributed by atoms with Crippen molar-refractivity contribution in [3.8, 4) is 5.95 Å². The Balaban J connectivity index is 2.22. The van der Waals surface area contributed by atoms with Gasteiger partial charge in [0.25, 0.3) is 5.95 Å². The third-order valence-corrected chi connectivity index (χ3v) is 3.00. The molecule has 0 radical (unpaired) electrons. The molecule has 8 heteroatoms. The molecule has 2 rings (SSSR count). The van der Waals surface area contributed by atoms with E-state index in [0.29, 0.717) is 23.5 Å². The number of rotatable bonds is 6. The van der Waals surface area contributed by atoms with Gasteiger partial charge in [-0.05, 0) is 12.5 Å². The maximum absolute atomic E-state index is 8.76. The third kappa shape index (κ3) is 3.17. The van der Waals surface area contributed by atoms with Gasteiger partial charge in [-0.2, -0.15) is 20.1 Å². The fraction of sp³-hybridized carbons (Fsp3) is 0.400. The molecule has 0 spiro atoms. The molecule has 0 aliphatic heterocycles. The molecule has 2 N–H and O–H groups in total. The molecule has 7 nitrogen and oxygen atoms in total. The molecular formula is C10H14N6OS. The molecule has 0 saturated heterocycles. The first-order chi connectivity index (χ1) is 8.83. The van der Waals surface area contributed by atoms with Crippen LogP contribution in [0.4, 0.5) is 5.95 Å². The summed E-state index contributed by atoms with van der Waals surface area (Å²) in [7, 11) is 1.75. The lowest BCUT2D eigenvalue weighted by Crippen LogP contribution is -2.08. The number of hydrogen-bond acceptors (Lipinski definition) is 7. The number of thioether (sulfide) groups is 1. The second-order valence-corrected chi connectivity index (χ2v) is 4.43. The molecule has 0 amide bonds. The number of hydrogen-bond donors (Lipinski definition) is 2. The summed E-state index contributed by atoms with van der Waals surface area (Å²) in [5.74, 6) is 1.75. The van der Waals surface area contributed by atoms with E-state index >= 15 is 0 Å². The summed E-state index contributed by atoms with van der Waals surface area (Å²) < 4.78 is 1.58. The van der Waals surface area contributed by atoms with Gasteiger partial charge in [-0.15, -0.1) is 0 Å². The molecule has 0 atom stereocenters. The van der Waals surface area contributed by atoms with E-state index in [-0.39, 0.29) is 6.61 Å². The van der Waals surface area contributed by atoms with Crippen molar-refractivity contribution in [3.05, 3.63) is 18.5 Å². The Morgan fingerprint density at radius 2 is 2.28 bits per heavy atom. The van der Waals surface area contributed by atoms with Gasteiger partial charge in [0.2, 0.25) is 5.95 Å². The Morgan fingerprint density at radius 3 is 2.94 bits per heavy atom. The van der Waals surface area contributed by atoms with Crippen LogP contribution in [-0.2, 0) is 0 Å². The highest BCUT2D eigenvalue weighted by Crippen LogP contribution is 2.16. The number of nitrogens with one attached hydrogen (secondary N) is 1. The van der Waals surface area contributed by atoms with Crippen LogP contribution < -0.4 is 5.32 Å². The molecule has 0 unspecified atom stereocenters. The van der Waals surface area contributed by atoms with Crippen LogP contribution >= 0.6 is 11.8 Å². The van der Waals surface area contributed by atoms with Crippen LogP contribution in [0.25, 0.3) is 5.95 Å². The molecule has 0 aliphatic rings. The van der Waals surface area contributed by atoms with Crippen LogP contribution in [0, 0.1) is 0 Å². The van der Waals surface area contributed by atoms with Crippen molar-refractivity contribution in [2.75, 3.05) is 24.7 Å². The van der Waals surface area contributed by atoms with Gasteiger partial charge in [0.15, 0.2) is 5.16 Å². The molecule has 18 heavy (non-hydrogen) atoms. The number of aliphatic hydroxyl groups excluding tert-OH is 1. The molecule has 2 heterocycles. The van der Waals surface area contributed by atoms with Gasteiger partial charge in [-0.25, -0.2) is 4.68 Å². The van der Waals surface area contributed by atoms with Crippen molar-refractivity contribution < 1.29 is 5.11 Å². The Kier molecular flexibility index (Phi) is 4.48. The summed E-state index contributed by atoms with van der Waals surface area (Å²) in [5.41, 5.74) is 0. The van der Waals surface area contributed by atoms with E-state index in [2.05, 4.69) is 25.4 Å². The fourth-order valence-electron chi connectivity index (χ4n) is 1.24. The van der Waals surface area contributed by atoms with E-state index in [1.54, 1.807) is 30.2 Å². The number of aromatic nitrogens is 5. The van der Waals surface area contributed by atoms with E-state index in [4.69, 9.17) is 5.11 Å². The largest absolute Gasteiger partial charge is 0.396 e. The third-order valence-electron chi connectivity index (χ3n) is 2.07. The molecule has 0 fully saturated rings. The van der Waals surface area contributed by atoms with Crippen molar-refractivity contribution in [2.24, 2.45) is 0 Å². The van der Waals surface area contributed by atoms with Crippen LogP contribution in [-0.4, -0.2) is 49.2 Å². The summed E-state index contributed by atoms with van der Waals surface area (Å²) in [6, 6.07) is 1.81. The number of nitrogens with zero attached hydrogens (tertiary/aromatic N) is 5. The summed E-state index contributed by atoms with van der Waals surface area (Å²) in [6.07, 6.45) is 4.15. The van der Waals surface area contributed by atoms with E-state index in [9.17, 15) is 0 Å². The zero-order valence-corrected chi connectivity index (χ0v) is 10.8. The van der Waals surface area contributed by atoms with Crippen LogP contribution in [0.2, 0.25) is 0 Å². The maximum Gasteiger partial charge on any atom is 0.256 e. The van der Waals surface area contributed by atoms with Crippen molar-refractivity contribution in [1.29, 1.82) is 0 Å². The van der Waals surface area contributed by atoms with Crippen molar-refractivity contribution in [3.63, 3.8) is 0 Å². The van der Waals surface area contributed by atoms with Crippen LogP contribution in [0.1, 0.15) is 6.42 Å². The zero-order valence-electron chi connectivity index (χ0n) is 9.94. The standard InChI is InChI=1S/C10H14N6OS/c1-11-8-13-9(16-5-2-4-12-16)15-10(14-8)18-7-3-6-17/h2,4-5,17H,3,6-7H2,1H3,(H,11,13,14,15). The van der Waals surface area contributed by atoms with E-state index < -0.39 is 0 Å². The normalized spacial score (nSPS) is 10.6. The Hall–Kier alpha value is -1.67. The van der Waals surface area contributed by atoms with Crippen molar-refractivity contribution in [1.82, 2.24) is 24.7 Å². The summed E-state index contributed by atoms with van der Waals surface area (Å²) in [5, 5.41) is 16.4. The number of aliphatic hydroxyl groups is 1. The predicted molar refractivity (Wildman–Crippen MR) is 68.9 cm³/mol. The Bertz CT molecular complexity index is 489. The Labute approximate surface area is 109 Å². The van der Waals surface area contributed by atoms with Gasteiger partial charge < -0.3 is 10.4 Å². The predicted octanol–water partition coefficient (Wildman–Crippen LogP) is 0.574. The zero-order chi connectivity index (χ0) is 12.8. The van der Waals surface area contributed by atoms with Gasteiger partial charge in [0.05, 0.1) is 0 Å². The highest BCUT2D eigenvalue weighted by molar-refractivity contribution is 7.99. The quantitative estimate of drug-likeness (QED) is 0.583. The summed E-state index contributed by atoms with van der Waals surface area (Å²) >= 11 is 1.48. The van der Waals surface area contributed by atoms with E-state index in [1.807, 2.05) is 0 Å². The van der Waals surface area contributed by atoms with E-state index in [0.717, 1.165) is 5.75 Å². The van der Waals surface area contributed by atoms with Gasteiger partial charge in [0.1, 0.15) is 0 Å². The van der Waals surface area contributed by atoms with Crippen LogP contribution in [0.3, 0.4) is 0 Å². The molecule has 0 bridgehead atoms. The monoisotopic (exact) mass is 266 g/mol. The molecular weight excluding hydrogens is 252 g/mol. The lowest BCUT2D eigenvalue weighted by atomic mass is 10.5.